The fourth-order valence-corrected chi connectivity index (χ4v) is 6.73. The Labute approximate surface area is 257 Å². The Morgan fingerprint density at radius 3 is 2.32 bits per heavy atom. The summed E-state index contributed by atoms with van der Waals surface area (Å²) in [5, 5.41) is 4.19. The normalized spacial score (nSPS) is 14.4. The van der Waals surface area contributed by atoms with Gasteiger partial charge in [-0.05, 0) is 78.7 Å². The number of piperidine rings is 1. The zero-order valence-corrected chi connectivity index (χ0v) is 27.5. The van der Waals surface area contributed by atoms with E-state index in [0.29, 0.717) is 69.9 Å². The molecule has 0 aliphatic carbocycles. The number of pyridine rings is 2. The van der Waals surface area contributed by atoms with Gasteiger partial charge in [-0.1, -0.05) is 6.08 Å². The second-order valence-corrected chi connectivity index (χ2v) is 12.3. The lowest BCUT2D eigenvalue weighted by atomic mass is 10.00. The van der Waals surface area contributed by atoms with E-state index in [1.54, 1.807) is 32.6 Å². The smallest absolute Gasteiger partial charge is 0.259 e. The van der Waals surface area contributed by atoms with E-state index in [-0.39, 0.29) is 23.6 Å². The maximum absolute atomic E-state index is 14.4. The average Bonchev–Trinajstić information content (AvgIpc) is 2.93. The van der Waals surface area contributed by atoms with E-state index >= 15 is 0 Å². The van der Waals surface area contributed by atoms with Crippen molar-refractivity contribution in [2.24, 2.45) is 0 Å². The Morgan fingerprint density at radius 1 is 1.12 bits per heavy atom. The molecule has 4 rings (SSSR count). The quantitative estimate of drug-likeness (QED) is 0.288. The number of nitrogens with zero attached hydrogens (tertiary/aromatic N) is 4. The van der Waals surface area contributed by atoms with Crippen LogP contribution in [0.1, 0.15) is 32.7 Å². The van der Waals surface area contributed by atoms with Crippen LogP contribution in [-0.2, 0) is 4.79 Å². The molecular formula is C30H37Br2N5O4. The SMILES string of the molecule is COc1cc(OC)c(Br)c(-c2cc3cnc(NC(C)C)cc3n(C3CCN(C(=O)C=CCN(C)C)CC3)c2=O)c1Br. The second-order valence-electron chi connectivity index (χ2n) is 10.7. The maximum Gasteiger partial charge on any atom is 0.259 e. The van der Waals surface area contributed by atoms with Crippen molar-refractivity contribution in [2.45, 2.75) is 38.8 Å². The highest BCUT2D eigenvalue weighted by Gasteiger charge is 2.28. The molecule has 0 atom stereocenters. The minimum absolute atomic E-state index is 0.000196. The highest BCUT2D eigenvalue weighted by atomic mass is 79.9. The third-order valence-electron chi connectivity index (χ3n) is 7.07. The standard InChI is InChI=1S/C30H37Br2N5O4/c1-18(2)34-25-15-22-19(17-33-25)14-21(27-28(31)23(40-5)16-24(41-6)29(27)32)30(39)37(22)20-9-12-36(13-10-20)26(38)8-7-11-35(3)4/h7-8,14-18,20H,9-13H2,1-6H3,(H,33,34). The molecule has 0 radical (unpaired) electrons. The van der Waals surface area contributed by atoms with Crippen LogP contribution in [0.5, 0.6) is 11.5 Å². The van der Waals surface area contributed by atoms with Crippen molar-refractivity contribution in [3.63, 3.8) is 0 Å². The Balaban J connectivity index is 1.83. The summed E-state index contributed by atoms with van der Waals surface area (Å²) in [7, 11) is 7.08. The van der Waals surface area contributed by atoms with E-state index < -0.39 is 0 Å². The number of benzene rings is 1. The van der Waals surface area contributed by atoms with Gasteiger partial charge in [0.05, 0.1) is 34.2 Å². The Bertz CT molecular complexity index is 1480. The molecule has 9 nitrogen and oxygen atoms in total. The van der Waals surface area contributed by atoms with Gasteiger partial charge in [-0.15, -0.1) is 0 Å². The number of carbonyl (C=O) groups excluding carboxylic acids is 1. The summed E-state index contributed by atoms with van der Waals surface area (Å²) in [6.07, 6.45) is 6.63. The van der Waals surface area contributed by atoms with Gasteiger partial charge < -0.3 is 29.2 Å². The van der Waals surface area contributed by atoms with Crippen LogP contribution in [0.3, 0.4) is 0 Å². The van der Waals surface area contributed by atoms with E-state index in [1.807, 2.05) is 60.5 Å². The molecule has 0 saturated carbocycles. The fraction of sp³-hybridized carbons (Fsp3) is 0.433. The van der Waals surface area contributed by atoms with Crippen molar-refractivity contribution in [3.05, 3.63) is 55.8 Å². The van der Waals surface area contributed by atoms with Crippen molar-refractivity contribution in [1.82, 2.24) is 19.4 Å². The van der Waals surface area contributed by atoms with Crippen LogP contribution in [0, 0.1) is 0 Å². The topological polar surface area (TPSA) is 88.9 Å². The summed E-state index contributed by atoms with van der Waals surface area (Å²) in [4.78, 5) is 35.7. The zero-order chi connectivity index (χ0) is 29.8. The maximum atomic E-state index is 14.4. The number of fused-ring (bicyclic) bond motifs is 1. The van der Waals surface area contributed by atoms with Crippen LogP contribution in [0.4, 0.5) is 5.82 Å². The number of hydrogen-bond donors (Lipinski definition) is 1. The number of ether oxygens (including phenoxy) is 2. The number of anilines is 1. The first-order chi connectivity index (χ1) is 19.5. The van der Waals surface area contributed by atoms with E-state index in [4.69, 9.17) is 9.47 Å². The van der Waals surface area contributed by atoms with Crippen LogP contribution >= 0.6 is 31.9 Å². The first-order valence-electron chi connectivity index (χ1n) is 13.6. The Kier molecular flexibility index (Phi) is 10.1. The molecular weight excluding hydrogens is 654 g/mol. The Morgan fingerprint density at radius 2 is 1.76 bits per heavy atom. The molecule has 3 heterocycles. The van der Waals surface area contributed by atoms with Crippen molar-refractivity contribution < 1.29 is 14.3 Å². The minimum atomic E-state index is -0.133. The molecule has 1 saturated heterocycles. The first kappa shape index (κ1) is 31.1. The molecule has 0 bridgehead atoms. The summed E-state index contributed by atoms with van der Waals surface area (Å²) in [6, 6.07) is 5.67. The molecule has 1 fully saturated rings. The lowest BCUT2D eigenvalue weighted by molar-refractivity contribution is -0.127. The van der Waals surface area contributed by atoms with Gasteiger partial charge in [0.25, 0.3) is 5.56 Å². The van der Waals surface area contributed by atoms with Gasteiger partial charge in [0.1, 0.15) is 17.3 Å². The second kappa shape index (κ2) is 13.4. The molecule has 220 valence electrons. The summed E-state index contributed by atoms with van der Waals surface area (Å²) in [6.45, 7) is 5.93. The zero-order valence-electron chi connectivity index (χ0n) is 24.3. The third kappa shape index (κ3) is 6.79. The lowest BCUT2D eigenvalue weighted by Gasteiger charge is -2.33. The van der Waals surface area contributed by atoms with E-state index in [0.717, 1.165) is 10.9 Å². The van der Waals surface area contributed by atoms with E-state index in [1.165, 1.54) is 0 Å². The number of amides is 1. The van der Waals surface area contributed by atoms with Crippen molar-refractivity contribution in [2.75, 3.05) is 53.3 Å². The van der Waals surface area contributed by atoms with Gasteiger partial charge in [-0.3, -0.25) is 9.59 Å². The third-order valence-corrected chi connectivity index (χ3v) is 8.65. The summed E-state index contributed by atoms with van der Waals surface area (Å²) < 4.78 is 14.3. The monoisotopic (exact) mass is 689 g/mol. The van der Waals surface area contributed by atoms with Gasteiger partial charge >= 0.3 is 0 Å². The molecule has 1 amide bonds. The number of likely N-dealkylation sites (tertiary alicyclic amines) is 1. The highest BCUT2D eigenvalue weighted by Crippen LogP contribution is 2.46. The summed E-state index contributed by atoms with van der Waals surface area (Å²) in [5.41, 5.74) is 1.80. The van der Waals surface area contributed by atoms with Crippen LogP contribution in [-0.4, -0.2) is 79.2 Å². The van der Waals surface area contributed by atoms with Gasteiger partial charge in [0.2, 0.25) is 5.91 Å². The fourth-order valence-electron chi connectivity index (χ4n) is 5.08. The van der Waals surface area contributed by atoms with Crippen LogP contribution in [0.15, 0.2) is 50.3 Å². The van der Waals surface area contributed by atoms with E-state index in [2.05, 4.69) is 42.2 Å². The minimum Gasteiger partial charge on any atom is -0.495 e. The largest absolute Gasteiger partial charge is 0.495 e. The number of carbonyl (C=O) groups is 1. The first-order valence-corrected chi connectivity index (χ1v) is 15.2. The average molecular weight is 691 g/mol. The van der Waals surface area contributed by atoms with Crippen molar-refractivity contribution in [3.8, 4) is 22.6 Å². The number of methoxy groups -OCH3 is 2. The van der Waals surface area contributed by atoms with Gasteiger partial charge in [0, 0.05) is 67.1 Å². The molecule has 0 spiro atoms. The number of hydrogen-bond acceptors (Lipinski definition) is 7. The number of likely N-dealkylation sites (N-methyl/N-ethyl adjacent to an activating group) is 1. The summed E-state index contributed by atoms with van der Waals surface area (Å²) >= 11 is 7.33. The number of rotatable bonds is 9. The predicted octanol–water partition coefficient (Wildman–Crippen LogP) is 5.71. The molecule has 3 aromatic rings. The van der Waals surface area contributed by atoms with Gasteiger partial charge in [-0.25, -0.2) is 4.98 Å². The van der Waals surface area contributed by atoms with E-state index in [9.17, 15) is 9.59 Å². The van der Waals surface area contributed by atoms with Crippen LogP contribution in [0.2, 0.25) is 0 Å². The molecule has 11 heteroatoms. The Hall–Kier alpha value is -2.89. The number of halogens is 2. The van der Waals surface area contributed by atoms with Crippen molar-refractivity contribution in [1.29, 1.82) is 0 Å². The lowest BCUT2D eigenvalue weighted by Crippen LogP contribution is -2.40. The molecule has 41 heavy (non-hydrogen) atoms. The number of nitrogens with one attached hydrogen (secondary N) is 1. The molecule has 1 aliphatic heterocycles. The molecule has 1 N–H and O–H groups in total. The highest BCUT2D eigenvalue weighted by molar-refractivity contribution is 9.11. The van der Waals surface area contributed by atoms with Crippen molar-refractivity contribution >= 4 is 54.5 Å². The van der Waals surface area contributed by atoms with Gasteiger partial charge in [0.15, 0.2) is 0 Å². The molecule has 0 unspecified atom stereocenters. The number of aromatic nitrogens is 2. The van der Waals surface area contributed by atoms with Crippen LogP contribution < -0.4 is 20.3 Å². The molecule has 1 aliphatic rings. The predicted molar refractivity (Wildman–Crippen MR) is 171 cm³/mol. The van der Waals surface area contributed by atoms with Gasteiger partial charge in [-0.2, -0.15) is 0 Å². The molecule has 1 aromatic carbocycles. The molecule has 2 aromatic heterocycles. The summed E-state index contributed by atoms with van der Waals surface area (Å²) in [5.74, 6) is 1.81. The van der Waals surface area contributed by atoms with Crippen LogP contribution in [0.25, 0.3) is 22.0 Å².